The van der Waals surface area contributed by atoms with Crippen molar-refractivity contribution >= 4 is 5.78 Å². The van der Waals surface area contributed by atoms with Crippen molar-refractivity contribution in [2.45, 2.75) is 26.1 Å². The molecule has 1 aliphatic carbocycles. The summed E-state index contributed by atoms with van der Waals surface area (Å²) in [7, 11) is 0. The van der Waals surface area contributed by atoms with E-state index in [2.05, 4.69) is 0 Å². The van der Waals surface area contributed by atoms with Crippen molar-refractivity contribution in [2.24, 2.45) is 11.8 Å². The summed E-state index contributed by atoms with van der Waals surface area (Å²) in [6.07, 6.45) is 0. The maximum atomic E-state index is 12.8. The number of carbonyl (C=O) groups excluding carboxylic acids is 1. The first-order chi connectivity index (χ1) is 12.0. The molecule has 0 aromatic heterocycles. The van der Waals surface area contributed by atoms with Gasteiger partial charge in [0, 0.05) is 28.5 Å². The number of rotatable bonds is 1. The Bertz CT molecular complexity index is 919. The van der Waals surface area contributed by atoms with Crippen LogP contribution in [0.4, 0.5) is 0 Å². The highest BCUT2D eigenvalue weighted by atomic mass is 16.7. The summed E-state index contributed by atoms with van der Waals surface area (Å²) in [4.78, 5) is 12.8. The lowest BCUT2D eigenvalue weighted by Crippen LogP contribution is -2.47. The van der Waals surface area contributed by atoms with Crippen molar-refractivity contribution < 1.29 is 24.1 Å². The maximum Gasteiger partial charge on any atom is 0.231 e. The molecular weight excluding hydrogens is 320 g/mol. The van der Waals surface area contributed by atoms with Crippen molar-refractivity contribution in [3.63, 3.8) is 0 Å². The zero-order valence-electron chi connectivity index (χ0n) is 14.0. The first kappa shape index (κ1) is 14.8. The quantitative estimate of drug-likeness (QED) is 0.866. The van der Waals surface area contributed by atoms with E-state index in [4.69, 9.17) is 14.2 Å². The van der Waals surface area contributed by atoms with E-state index < -0.39 is 5.60 Å². The Morgan fingerprint density at radius 3 is 2.56 bits per heavy atom. The van der Waals surface area contributed by atoms with Crippen molar-refractivity contribution in [2.75, 3.05) is 6.79 Å². The first-order valence-corrected chi connectivity index (χ1v) is 8.47. The van der Waals surface area contributed by atoms with Crippen LogP contribution in [-0.2, 0) is 12.2 Å². The van der Waals surface area contributed by atoms with Crippen LogP contribution in [0.3, 0.4) is 0 Å². The Morgan fingerprint density at radius 1 is 1.04 bits per heavy atom. The Labute approximate surface area is 145 Å². The molecule has 1 N–H and O–H groups in total. The van der Waals surface area contributed by atoms with Gasteiger partial charge in [-0.1, -0.05) is 19.9 Å². The molecule has 0 bridgehead atoms. The van der Waals surface area contributed by atoms with Crippen molar-refractivity contribution in [1.82, 2.24) is 0 Å². The predicted molar refractivity (Wildman–Crippen MR) is 89.0 cm³/mol. The molecule has 5 nitrogen and oxygen atoms in total. The van der Waals surface area contributed by atoms with E-state index in [1.165, 1.54) is 0 Å². The summed E-state index contributed by atoms with van der Waals surface area (Å²) in [5.74, 6) is 1.54. The number of ketones is 1. The fourth-order valence-corrected chi connectivity index (χ4v) is 4.22. The van der Waals surface area contributed by atoms with Crippen molar-refractivity contribution in [1.29, 1.82) is 0 Å². The monoisotopic (exact) mass is 338 g/mol. The Morgan fingerprint density at radius 2 is 1.80 bits per heavy atom. The van der Waals surface area contributed by atoms with Gasteiger partial charge in [-0.2, -0.15) is 0 Å². The third kappa shape index (κ3) is 1.74. The van der Waals surface area contributed by atoms with Crippen LogP contribution in [0.1, 0.15) is 40.9 Å². The second-order valence-electron chi connectivity index (χ2n) is 7.03. The number of fused-ring (bicyclic) bond motifs is 4. The molecule has 2 heterocycles. The minimum absolute atomic E-state index is 0.0719. The van der Waals surface area contributed by atoms with Gasteiger partial charge in [-0.25, -0.2) is 0 Å². The molecule has 0 amide bonds. The molecule has 5 heteroatoms. The van der Waals surface area contributed by atoms with Gasteiger partial charge in [0.05, 0.1) is 0 Å². The average molecular weight is 338 g/mol. The van der Waals surface area contributed by atoms with Gasteiger partial charge in [-0.3, -0.25) is 4.79 Å². The molecule has 5 rings (SSSR count). The topological polar surface area (TPSA) is 65.0 Å². The normalized spacial score (nSPS) is 28.7. The first-order valence-electron chi connectivity index (χ1n) is 8.47. The summed E-state index contributed by atoms with van der Waals surface area (Å²) >= 11 is 0. The summed E-state index contributed by atoms with van der Waals surface area (Å²) < 4.78 is 16.3. The number of hydrogen-bond donors (Lipinski definition) is 1. The molecular formula is C20H18O5. The summed E-state index contributed by atoms with van der Waals surface area (Å²) in [5.41, 5.74) is 1.63. The molecule has 0 fully saturated rings. The van der Waals surface area contributed by atoms with E-state index in [9.17, 15) is 9.90 Å². The van der Waals surface area contributed by atoms with Crippen LogP contribution >= 0.6 is 0 Å². The standard InChI is InChI=1S/C20H18O5/c1-10-11(2)20(22,12-3-5-16-17(7-12)25-9-24-16)18-13(19(10)21)4-6-15-14(18)8-23-15/h3-7,10-11,22H,8-9H2,1-2H3/t10-,11-,20+/m0/s1. The van der Waals surface area contributed by atoms with E-state index >= 15 is 0 Å². The molecule has 2 aromatic carbocycles. The number of hydrogen-bond acceptors (Lipinski definition) is 5. The fraction of sp³-hybridized carbons (Fsp3) is 0.350. The minimum atomic E-state index is -1.28. The van der Waals surface area contributed by atoms with E-state index in [-0.39, 0.29) is 24.4 Å². The van der Waals surface area contributed by atoms with Crippen molar-refractivity contribution in [3.8, 4) is 17.2 Å². The van der Waals surface area contributed by atoms with Crippen LogP contribution in [0.5, 0.6) is 17.2 Å². The van der Waals surface area contributed by atoms with E-state index in [0.717, 1.165) is 11.3 Å². The number of Topliss-reactive ketones (excluding diaryl/α,β-unsaturated/α-hetero) is 1. The predicted octanol–water partition coefficient (Wildman–Crippen LogP) is 3.01. The molecule has 3 atom stereocenters. The van der Waals surface area contributed by atoms with Crippen LogP contribution in [0, 0.1) is 11.8 Å². The van der Waals surface area contributed by atoms with E-state index in [1.54, 1.807) is 6.07 Å². The molecule has 0 radical (unpaired) electrons. The molecule has 3 aliphatic rings. The average Bonchev–Trinajstić information content (AvgIpc) is 3.06. The van der Waals surface area contributed by atoms with E-state index in [0.29, 0.717) is 34.8 Å². The highest BCUT2D eigenvalue weighted by molar-refractivity contribution is 6.02. The van der Waals surface area contributed by atoms with Crippen LogP contribution in [-0.4, -0.2) is 17.7 Å². The number of carbonyl (C=O) groups is 1. The number of benzene rings is 2. The zero-order valence-corrected chi connectivity index (χ0v) is 14.0. The highest BCUT2D eigenvalue weighted by Crippen LogP contribution is 2.52. The van der Waals surface area contributed by atoms with E-state index in [1.807, 2.05) is 38.1 Å². The molecule has 0 unspecified atom stereocenters. The van der Waals surface area contributed by atoms with Crippen LogP contribution in [0.2, 0.25) is 0 Å². The Balaban J connectivity index is 1.79. The molecule has 0 saturated carbocycles. The molecule has 25 heavy (non-hydrogen) atoms. The van der Waals surface area contributed by atoms with Crippen molar-refractivity contribution in [3.05, 3.63) is 52.6 Å². The number of aliphatic hydroxyl groups is 1. The van der Waals surface area contributed by atoms with Gasteiger partial charge in [-0.05, 0) is 29.8 Å². The molecule has 2 aromatic rings. The minimum Gasteiger partial charge on any atom is -0.488 e. The van der Waals surface area contributed by atoms with Gasteiger partial charge in [0.25, 0.3) is 0 Å². The van der Waals surface area contributed by atoms with Crippen LogP contribution < -0.4 is 14.2 Å². The molecule has 2 aliphatic heterocycles. The Kier molecular flexibility index (Phi) is 2.82. The smallest absolute Gasteiger partial charge is 0.231 e. The third-order valence-corrected chi connectivity index (χ3v) is 5.92. The summed E-state index contributed by atoms with van der Waals surface area (Å²) in [6, 6.07) is 9.09. The lowest BCUT2D eigenvalue weighted by molar-refractivity contribution is -0.00812. The number of ether oxygens (including phenoxy) is 3. The van der Waals surface area contributed by atoms with Crippen LogP contribution in [0.25, 0.3) is 0 Å². The van der Waals surface area contributed by atoms with Gasteiger partial charge in [0.2, 0.25) is 6.79 Å². The molecule has 0 spiro atoms. The summed E-state index contributed by atoms with van der Waals surface area (Å²) in [5, 5.41) is 11.9. The maximum absolute atomic E-state index is 12.8. The van der Waals surface area contributed by atoms with Gasteiger partial charge in [-0.15, -0.1) is 0 Å². The third-order valence-electron chi connectivity index (χ3n) is 5.92. The molecule has 128 valence electrons. The highest BCUT2D eigenvalue weighted by Gasteiger charge is 2.51. The van der Waals surface area contributed by atoms with Gasteiger partial charge < -0.3 is 19.3 Å². The van der Waals surface area contributed by atoms with Gasteiger partial charge in [0.15, 0.2) is 17.3 Å². The van der Waals surface area contributed by atoms with Crippen LogP contribution in [0.15, 0.2) is 30.3 Å². The Hall–Kier alpha value is -2.53. The van der Waals surface area contributed by atoms with Gasteiger partial charge in [0.1, 0.15) is 18.0 Å². The largest absolute Gasteiger partial charge is 0.488 e. The fourth-order valence-electron chi connectivity index (χ4n) is 4.22. The SMILES string of the molecule is C[C@@H]1C(=O)c2ccc3c(c2[C@](O)(c2ccc4c(c2)OCO4)[C@H]1C)CO3. The molecule has 0 saturated heterocycles. The lowest BCUT2D eigenvalue weighted by Gasteiger charge is -2.45. The lowest BCUT2D eigenvalue weighted by atomic mass is 9.62. The van der Waals surface area contributed by atoms with Gasteiger partial charge >= 0.3 is 0 Å². The second kappa shape index (κ2) is 4.76. The zero-order chi connectivity index (χ0) is 17.3. The summed E-state index contributed by atoms with van der Waals surface area (Å²) in [6.45, 7) is 4.40. The second-order valence-corrected chi connectivity index (χ2v) is 7.03.